The summed E-state index contributed by atoms with van der Waals surface area (Å²) in [6.07, 6.45) is 0. The van der Waals surface area contributed by atoms with Crippen molar-refractivity contribution in [1.82, 2.24) is 14.7 Å². The molecule has 0 atom stereocenters. The summed E-state index contributed by atoms with van der Waals surface area (Å²) in [5, 5.41) is 0. The van der Waals surface area contributed by atoms with Gasteiger partial charge in [-0.05, 0) is 30.2 Å². The van der Waals surface area contributed by atoms with Gasteiger partial charge in [-0.3, -0.25) is 9.69 Å². The van der Waals surface area contributed by atoms with Crippen molar-refractivity contribution in [1.29, 1.82) is 0 Å². The van der Waals surface area contributed by atoms with Crippen LogP contribution in [0.3, 0.4) is 0 Å². The van der Waals surface area contributed by atoms with E-state index in [1.54, 1.807) is 0 Å². The molecule has 144 valence electrons. The normalized spacial score (nSPS) is 20.0. The van der Waals surface area contributed by atoms with Crippen molar-refractivity contribution >= 4 is 11.6 Å². The van der Waals surface area contributed by atoms with E-state index >= 15 is 0 Å². The zero-order valence-corrected chi connectivity index (χ0v) is 16.7. The maximum atomic E-state index is 12.6. The summed E-state index contributed by atoms with van der Waals surface area (Å²) in [5.74, 6) is 0.863. The molecule has 0 aliphatic carbocycles. The summed E-state index contributed by atoms with van der Waals surface area (Å²) < 4.78 is 0. The zero-order chi connectivity index (χ0) is 18.5. The number of nitrogens with zero attached hydrogens (tertiary/aromatic N) is 4. The third-order valence-electron chi connectivity index (χ3n) is 5.83. The topological polar surface area (TPSA) is 30.0 Å². The van der Waals surface area contributed by atoms with Crippen molar-refractivity contribution in [2.24, 2.45) is 0 Å². The van der Waals surface area contributed by atoms with E-state index in [1.165, 1.54) is 11.3 Å². The Hall–Kier alpha value is -1.59. The van der Waals surface area contributed by atoms with E-state index in [0.29, 0.717) is 18.4 Å². The lowest BCUT2D eigenvalue weighted by molar-refractivity contribution is -0.133. The van der Waals surface area contributed by atoms with Crippen molar-refractivity contribution in [2.45, 2.75) is 26.7 Å². The van der Waals surface area contributed by atoms with Crippen LogP contribution in [0.5, 0.6) is 0 Å². The fraction of sp³-hybridized carbons (Fsp3) is 0.667. The van der Waals surface area contributed by atoms with Crippen molar-refractivity contribution in [3.63, 3.8) is 0 Å². The maximum absolute atomic E-state index is 12.6. The number of benzene rings is 1. The van der Waals surface area contributed by atoms with Gasteiger partial charge in [-0.2, -0.15) is 0 Å². The number of piperazine rings is 2. The molecule has 5 nitrogen and oxygen atoms in total. The Morgan fingerprint density at radius 2 is 1.46 bits per heavy atom. The Labute approximate surface area is 158 Å². The van der Waals surface area contributed by atoms with Crippen LogP contribution < -0.4 is 4.90 Å². The molecule has 3 rings (SSSR count). The van der Waals surface area contributed by atoms with Crippen molar-refractivity contribution < 1.29 is 4.79 Å². The maximum Gasteiger partial charge on any atom is 0.236 e. The van der Waals surface area contributed by atoms with E-state index in [4.69, 9.17) is 0 Å². The molecular weight excluding hydrogens is 324 g/mol. The molecule has 1 aromatic rings. The largest absolute Gasteiger partial charge is 0.368 e. The second-order valence-electron chi connectivity index (χ2n) is 7.82. The molecule has 2 fully saturated rings. The van der Waals surface area contributed by atoms with Gasteiger partial charge in [0.15, 0.2) is 0 Å². The van der Waals surface area contributed by atoms with Gasteiger partial charge in [-0.1, -0.05) is 32.9 Å². The van der Waals surface area contributed by atoms with E-state index in [-0.39, 0.29) is 0 Å². The number of rotatable bonds is 5. The Kier molecular flexibility index (Phi) is 6.54. The molecule has 26 heavy (non-hydrogen) atoms. The molecule has 2 aliphatic rings. The molecule has 0 radical (unpaired) electrons. The highest BCUT2D eigenvalue weighted by atomic mass is 16.2. The Morgan fingerprint density at radius 3 is 2.00 bits per heavy atom. The van der Waals surface area contributed by atoms with Gasteiger partial charge < -0.3 is 14.7 Å². The minimum atomic E-state index is 0.296. The summed E-state index contributed by atoms with van der Waals surface area (Å²) in [4.78, 5) is 21.8. The highest BCUT2D eigenvalue weighted by Gasteiger charge is 2.24. The number of hydrogen-bond acceptors (Lipinski definition) is 4. The number of anilines is 1. The first-order chi connectivity index (χ1) is 12.6. The molecule has 2 heterocycles. The van der Waals surface area contributed by atoms with Gasteiger partial charge in [-0.15, -0.1) is 0 Å². The lowest BCUT2D eigenvalue weighted by Crippen LogP contribution is -2.53. The van der Waals surface area contributed by atoms with Crippen LogP contribution in [-0.4, -0.2) is 86.1 Å². The van der Waals surface area contributed by atoms with Crippen LogP contribution in [0.15, 0.2) is 24.3 Å². The monoisotopic (exact) mass is 358 g/mol. The summed E-state index contributed by atoms with van der Waals surface area (Å²) in [7, 11) is 0. The number of carbonyl (C=O) groups is 1. The quantitative estimate of drug-likeness (QED) is 0.806. The van der Waals surface area contributed by atoms with Crippen LogP contribution in [0, 0.1) is 0 Å². The van der Waals surface area contributed by atoms with E-state index in [1.807, 2.05) is 4.90 Å². The number of amides is 1. The van der Waals surface area contributed by atoms with E-state index in [0.717, 1.165) is 58.9 Å². The molecule has 0 N–H and O–H groups in total. The fourth-order valence-electron chi connectivity index (χ4n) is 3.84. The van der Waals surface area contributed by atoms with Crippen LogP contribution in [0.25, 0.3) is 0 Å². The molecule has 2 aliphatic heterocycles. The van der Waals surface area contributed by atoms with Crippen LogP contribution in [0.1, 0.15) is 32.3 Å². The van der Waals surface area contributed by atoms with Crippen LogP contribution in [0.2, 0.25) is 0 Å². The van der Waals surface area contributed by atoms with Crippen molar-refractivity contribution in [3.05, 3.63) is 29.8 Å². The molecule has 0 saturated carbocycles. The Balaban J connectivity index is 1.45. The third-order valence-corrected chi connectivity index (χ3v) is 5.83. The molecule has 1 amide bonds. The van der Waals surface area contributed by atoms with Gasteiger partial charge in [0.25, 0.3) is 0 Å². The molecule has 2 saturated heterocycles. The van der Waals surface area contributed by atoms with E-state index in [9.17, 15) is 4.79 Å². The van der Waals surface area contributed by atoms with E-state index < -0.39 is 0 Å². The number of carbonyl (C=O) groups excluding carboxylic acids is 1. The van der Waals surface area contributed by atoms with Crippen molar-refractivity contribution in [3.8, 4) is 0 Å². The minimum Gasteiger partial charge on any atom is -0.368 e. The SMILES string of the molecule is CCN1CCN(CC(=O)N2CCN(c3ccc(C(C)C)cc3)CC2)CC1. The number of likely N-dealkylation sites (N-methyl/N-ethyl adjacent to an activating group) is 1. The Morgan fingerprint density at radius 1 is 0.885 bits per heavy atom. The van der Waals surface area contributed by atoms with E-state index in [2.05, 4.69) is 59.7 Å². The lowest BCUT2D eigenvalue weighted by atomic mass is 10.0. The highest BCUT2D eigenvalue weighted by molar-refractivity contribution is 5.78. The van der Waals surface area contributed by atoms with Crippen LogP contribution >= 0.6 is 0 Å². The first kappa shape index (κ1) is 19.2. The second kappa shape index (κ2) is 8.87. The first-order valence-electron chi connectivity index (χ1n) is 10.1. The zero-order valence-electron chi connectivity index (χ0n) is 16.7. The average molecular weight is 359 g/mol. The summed E-state index contributed by atoms with van der Waals surface area (Å²) >= 11 is 0. The predicted molar refractivity (Wildman–Crippen MR) is 108 cm³/mol. The smallest absolute Gasteiger partial charge is 0.236 e. The molecule has 0 aromatic heterocycles. The van der Waals surface area contributed by atoms with Gasteiger partial charge in [0.1, 0.15) is 0 Å². The number of hydrogen-bond donors (Lipinski definition) is 0. The minimum absolute atomic E-state index is 0.296. The van der Waals surface area contributed by atoms with Gasteiger partial charge in [0, 0.05) is 58.0 Å². The highest BCUT2D eigenvalue weighted by Crippen LogP contribution is 2.21. The lowest BCUT2D eigenvalue weighted by Gasteiger charge is -2.38. The standard InChI is InChI=1S/C21H34N4O/c1-4-22-9-11-23(12-10-22)17-21(26)25-15-13-24(14-16-25)20-7-5-19(6-8-20)18(2)3/h5-8,18H,4,9-17H2,1-3H3. The van der Waals surface area contributed by atoms with Gasteiger partial charge >= 0.3 is 0 Å². The third kappa shape index (κ3) is 4.77. The molecule has 5 heteroatoms. The van der Waals surface area contributed by atoms with Crippen LogP contribution in [-0.2, 0) is 4.79 Å². The molecule has 1 aromatic carbocycles. The van der Waals surface area contributed by atoms with Gasteiger partial charge in [-0.25, -0.2) is 0 Å². The first-order valence-corrected chi connectivity index (χ1v) is 10.1. The summed E-state index contributed by atoms with van der Waals surface area (Å²) in [5.41, 5.74) is 2.66. The molecule has 0 bridgehead atoms. The molecule has 0 unspecified atom stereocenters. The van der Waals surface area contributed by atoms with Gasteiger partial charge in [0.2, 0.25) is 5.91 Å². The Bertz CT molecular complexity index is 570. The van der Waals surface area contributed by atoms with Crippen molar-refractivity contribution in [2.75, 3.05) is 70.3 Å². The summed E-state index contributed by atoms with van der Waals surface area (Å²) in [6.45, 7) is 16.1. The fourth-order valence-corrected chi connectivity index (χ4v) is 3.84. The van der Waals surface area contributed by atoms with Crippen LogP contribution in [0.4, 0.5) is 5.69 Å². The second-order valence-corrected chi connectivity index (χ2v) is 7.82. The molecular formula is C21H34N4O. The summed E-state index contributed by atoms with van der Waals surface area (Å²) in [6, 6.07) is 8.90. The van der Waals surface area contributed by atoms with Gasteiger partial charge in [0.05, 0.1) is 6.54 Å². The average Bonchev–Trinajstić information content (AvgIpc) is 2.69. The predicted octanol–water partition coefficient (Wildman–Crippen LogP) is 2.10. The molecule has 0 spiro atoms.